The normalized spacial score (nSPS) is 12.0. The third-order valence-corrected chi connectivity index (χ3v) is 5.04. The maximum Gasteiger partial charge on any atom is 0.377 e. The van der Waals surface area contributed by atoms with Crippen molar-refractivity contribution in [2.45, 2.75) is 19.3 Å². The second-order valence-corrected chi connectivity index (χ2v) is 7.17. The van der Waals surface area contributed by atoms with Crippen molar-refractivity contribution in [3.8, 4) is 17.2 Å². The summed E-state index contributed by atoms with van der Waals surface area (Å²) >= 11 is 2.54. The summed E-state index contributed by atoms with van der Waals surface area (Å²) in [4.78, 5) is 27.1. The fourth-order valence-corrected chi connectivity index (χ4v) is 3.47. The number of carboxylic acid groups (broad SMARTS) is 1. The Balaban J connectivity index is 2.02. The first-order chi connectivity index (χ1) is 13.2. The number of carbonyl (C=O) groups is 2. The minimum Gasteiger partial charge on any atom is -0.505 e. The highest BCUT2D eigenvalue weighted by molar-refractivity contribution is 6.42. The van der Waals surface area contributed by atoms with Gasteiger partial charge in [0.2, 0.25) is 0 Å². The van der Waals surface area contributed by atoms with Crippen LogP contribution >= 0.6 is 0 Å². The fourth-order valence-electron chi connectivity index (χ4n) is 3.04. The molecule has 3 aromatic rings. The lowest BCUT2D eigenvalue weighted by atomic mass is 9.95. The number of ketones is 1. The van der Waals surface area contributed by atoms with E-state index < -0.39 is 17.5 Å². The van der Waals surface area contributed by atoms with Gasteiger partial charge in [-0.2, -0.15) is 0 Å². The van der Waals surface area contributed by atoms with Crippen LogP contribution in [0.4, 0.5) is 0 Å². The topological polar surface area (TPSA) is 128 Å². The van der Waals surface area contributed by atoms with Gasteiger partial charge in [0.1, 0.15) is 5.52 Å². The Morgan fingerprint density at radius 2 is 1.79 bits per heavy atom. The van der Waals surface area contributed by atoms with Gasteiger partial charge >= 0.3 is 5.97 Å². The molecule has 2 radical (unpaired) electrons. The van der Waals surface area contributed by atoms with Gasteiger partial charge < -0.3 is 20.4 Å². The Bertz CT molecular complexity index is 1110. The van der Waals surface area contributed by atoms with E-state index in [0.29, 0.717) is 17.5 Å². The summed E-state index contributed by atoms with van der Waals surface area (Å²) in [5.41, 5.74) is 1.25. The predicted octanol–water partition coefficient (Wildman–Crippen LogP) is 1.76. The lowest BCUT2D eigenvalue weighted by Gasteiger charge is -2.15. The summed E-state index contributed by atoms with van der Waals surface area (Å²) in [7, 11) is 0. The molecule has 0 amide bonds. The molecule has 1 aromatic heterocycles. The number of aromatic hydroxyl groups is 3. The Morgan fingerprint density at radius 1 is 1.07 bits per heavy atom. The SMILES string of the molecule is CC(Cc1c[c]([Al])c2ccc(C(=O)C(=O)O)c(O)c2n1)c1ccc(O)c(O)c1. The molecule has 4 N–H and O–H groups in total. The maximum absolute atomic E-state index is 11.8. The van der Waals surface area contributed by atoms with Crippen LogP contribution in [-0.2, 0) is 11.2 Å². The minimum absolute atomic E-state index is 0.0631. The van der Waals surface area contributed by atoms with E-state index in [1.165, 1.54) is 18.2 Å². The molecule has 0 aliphatic heterocycles. The van der Waals surface area contributed by atoms with Crippen LogP contribution in [0, 0.1) is 0 Å². The zero-order valence-corrected chi connectivity index (χ0v) is 16.0. The van der Waals surface area contributed by atoms with Crippen LogP contribution in [0.15, 0.2) is 36.4 Å². The van der Waals surface area contributed by atoms with Crippen LogP contribution in [0.25, 0.3) is 10.9 Å². The monoisotopic (exact) mass is 393 g/mol. The molecule has 3 rings (SSSR count). The maximum atomic E-state index is 11.8. The lowest BCUT2D eigenvalue weighted by molar-refractivity contribution is -0.131. The van der Waals surface area contributed by atoms with Crippen molar-refractivity contribution in [1.82, 2.24) is 4.98 Å². The lowest BCUT2D eigenvalue weighted by Crippen LogP contribution is -2.15. The van der Waals surface area contributed by atoms with Gasteiger partial charge in [0.15, 0.2) is 33.5 Å². The molecular formula is C20H16AlNO6. The molecule has 0 fully saturated rings. The third-order valence-electron chi connectivity index (χ3n) is 4.56. The van der Waals surface area contributed by atoms with Crippen molar-refractivity contribution in [3.05, 3.63) is 53.2 Å². The molecule has 140 valence electrons. The molecule has 1 heterocycles. The van der Waals surface area contributed by atoms with E-state index in [4.69, 9.17) is 5.11 Å². The molecule has 0 saturated carbocycles. The summed E-state index contributed by atoms with van der Waals surface area (Å²) in [6.45, 7) is 1.92. The Hall–Kier alpha value is -3.08. The number of nitrogens with zero attached hydrogens (tertiary/aromatic N) is 1. The summed E-state index contributed by atoms with van der Waals surface area (Å²) in [5.74, 6) is -3.80. The van der Waals surface area contributed by atoms with Crippen LogP contribution < -0.4 is 4.43 Å². The number of phenolic OH excluding ortho intramolecular Hbond substituents is 3. The van der Waals surface area contributed by atoms with Crippen molar-refractivity contribution in [1.29, 1.82) is 0 Å². The highest BCUT2D eigenvalue weighted by atomic mass is 27.0. The van der Waals surface area contributed by atoms with Gasteiger partial charge in [-0.25, -0.2) is 9.78 Å². The quantitative estimate of drug-likeness (QED) is 0.225. The van der Waals surface area contributed by atoms with Gasteiger partial charge in [-0.05, 0) is 41.5 Å². The number of rotatable bonds is 5. The van der Waals surface area contributed by atoms with Crippen LogP contribution in [0.2, 0.25) is 0 Å². The number of Topliss-reactive ketones (excluding diaryl/α,β-unsaturated/α-hetero) is 1. The first-order valence-corrected chi connectivity index (χ1v) is 8.97. The molecule has 0 saturated heterocycles. The molecule has 0 bridgehead atoms. The van der Waals surface area contributed by atoms with Crippen molar-refractivity contribution in [2.75, 3.05) is 0 Å². The van der Waals surface area contributed by atoms with Crippen molar-refractivity contribution >= 4 is 43.4 Å². The molecule has 2 aromatic carbocycles. The number of fused-ring (bicyclic) bond motifs is 1. The molecule has 28 heavy (non-hydrogen) atoms. The number of hydrogen-bond donors (Lipinski definition) is 4. The van der Waals surface area contributed by atoms with Gasteiger partial charge in [0.25, 0.3) is 5.78 Å². The number of aromatic nitrogens is 1. The molecule has 0 aliphatic carbocycles. The number of benzene rings is 2. The highest BCUT2D eigenvalue weighted by Gasteiger charge is 2.21. The van der Waals surface area contributed by atoms with Gasteiger partial charge in [-0.1, -0.05) is 25.1 Å². The average molecular weight is 393 g/mol. The van der Waals surface area contributed by atoms with Gasteiger partial charge in [-0.15, -0.1) is 4.43 Å². The first kappa shape index (κ1) is 19.7. The average Bonchev–Trinajstić information content (AvgIpc) is 2.64. The third kappa shape index (κ3) is 3.65. The Kier molecular flexibility index (Phi) is 5.27. The van der Waals surface area contributed by atoms with Crippen LogP contribution in [-0.4, -0.2) is 53.5 Å². The largest absolute Gasteiger partial charge is 0.505 e. The van der Waals surface area contributed by atoms with E-state index in [2.05, 4.69) is 21.3 Å². The van der Waals surface area contributed by atoms with Crippen molar-refractivity contribution in [2.24, 2.45) is 0 Å². The van der Waals surface area contributed by atoms with Crippen LogP contribution in [0.3, 0.4) is 0 Å². The van der Waals surface area contributed by atoms with E-state index >= 15 is 0 Å². The summed E-state index contributed by atoms with van der Waals surface area (Å²) < 4.78 is 0.741. The number of phenols is 3. The molecule has 1 atom stereocenters. The van der Waals surface area contributed by atoms with Gasteiger partial charge in [0.05, 0.1) is 5.56 Å². The molecule has 8 heteroatoms. The number of carboxylic acids is 1. The van der Waals surface area contributed by atoms with Crippen LogP contribution in [0.5, 0.6) is 17.2 Å². The second-order valence-electron chi connectivity index (χ2n) is 6.55. The standard InChI is InChI=1S/C20H16NO6.Al/c1-10(12-4-7-15(22)16(23)9-12)8-13-5-2-11-3-6-14(19(25)20(26)27)18(24)17(11)21-13;/h3-7,9-10,22-24H,8H2,1H3,(H,26,27);. The first-order valence-electron chi connectivity index (χ1n) is 8.39. The fraction of sp³-hybridized carbons (Fsp3) is 0.150. The van der Waals surface area contributed by atoms with Crippen molar-refractivity contribution in [3.63, 3.8) is 0 Å². The summed E-state index contributed by atoms with van der Waals surface area (Å²) in [6, 6.07) is 9.22. The molecular weight excluding hydrogens is 377 g/mol. The zero-order chi connectivity index (χ0) is 20.6. The van der Waals surface area contributed by atoms with Crippen LogP contribution in [0.1, 0.15) is 34.5 Å². The predicted molar refractivity (Wildman–Crippen MR) is 103 cm³/mol. The molecule has 0 aliphatic rings. The van der Waals surface area contributed by atoms with Gasteiger partial charge in [-0.3, -0.25) is 4.79 Å². The molecule has 1 unspecified atom stereocenters. The van der Waals surface area contributed by atoms with E-state index in [0.717, 1.165) is 9.99 Å². The van der Waals surface area contributed by atoms with Crippen molar-refractivity contribution < 1.29 is 30.0 Å². The zero-order valence-electron chi connectivity index (χ0n) is 14.9. The molecule has 7 nitrogen and oxygen atoms in total. The van der Waals surface area contributed by atoms with Gasteiger partial charge in [0, 0.05) is 5.69 Å². The molecule has 0 spiro atoms. The van der Waals surface area contributed by atoms with E-state index in [9.17, 15) is 24.9 Å². The summed E-state index contributed by atoms with van der Waals surface area (Å²) in [5, 5.41) is 39.0. The number of hydrogen-bond acceptors (Lipinski definition) is 6. The smallest absolute Gasteiger partial charge is 0.377 e. The number of pyridine rings is 1. The number of carbonyl (C=O) groups excluding carboxylic acids is 1. The second kappa shape index (κ2) is 7.51. The van der Waals surface area contributed by atoms with E-state index in [1.54, 1.807) is 12.1 Å². The number of aliphatic carboxylic acids is 1. The van der Waals surface area contributed by atoms with E-state index in [1.807, 2.05) is 13.0 Å². The summed E-state index contributed by atoms with van der Waals surface area (Å²) in [6.07, 6.45) is 0.456. The highest BCUT2D eigenvalue weighted by Crippen LogP contribution is 2.31. The Morgan fingerprint density at radius 3 is 2.43 bits per heavy atom. The minimum atomic E-state index is -1.65. The Labute approximate surface area is 168 Å². The van der Waals surface area contributed by atoms with E-state index in [-0.39, 0.29) is 28.5 Å².